The van der Waals surface area contributed by atoms with Crippen molar-refractivity contribution in [2.75, 3.05) is 5.32 Å². The van der Waals surface area contributed by atoms with Gasteiger partial charge < -0.3 is 9.84 Å². The van der Waals surface area contributed by atoms with Gasteiger partial charge in [-0.3, -0.25) is 4.79 Å². The van der Waals surface area contributed by atoms with Crippen LogP contribution < -0.4 is 5.32 Å². The number of benzene rings is 2. The van der Waals surface area contributed by atoms with Crippen LogP contribution in [0.5, 0.6) is 0 Å². The summed E-state index contributed by atoms with van der Waals surface area (Å²) in [4.78, 5) is 16.3. The predicted octanol–water partition coefficient (Wildman–Crippen LogP) is 4.72. The van der Waals surface area contributed by atoms with Crippen LogP contribution in [0.3, 0.4) is 0 Å². The smallest absolute Gasteiger partial charge is 0.227 e. The summed E-state index contributed by atoms with van der Waals surface area (Å²) in [6.07, 6.45) is 0.628. The van der Waals surface area contributed by atoms with Crippen LogP contribution in [-0.4, -0.2) is 16.0 Å². The summed E-state index contributed by atoms with van der Waals surface area (Å²) in [5.41, 5.74) is 1.52. The van der Waals surface area contributed by atoms with Crippen molar-refractivity contribution >= 4 is 39.1 Å². The van der Waals surface area contributed by atoms with Crippen molar-refractivity contribution in [1.29, 1.82) is 0 Å². The van der Waals surface area contributed by atoms with E-state index >= 15 is 0 Å². The molecular weight excluding hydrogens is 394 g/mol. The second-order valence-electron chi connectivity index (χ2n) is 5.08. The molecule has 0 unspecified atom stereocenters. The van der Waals surface area contributed by atoms with Crippen LogP contribution in [-0.2, 0) is 11.2 Å². The van der Waals surface area contributed by atoms with Gasteiger partial charge in [0, 0.05) is 33.6 Å². The number of aromatic nitrogens is 2. The van der Waals surface area contributed by atoms with E-state index in [2.05, 4.69) is 31.4 Å². The minimum absolute atomic E-state index is 0.111. The van der Waals surface area contributed by atoms with Crippen molar-refractivity contribution in [1.82, 2.24) is 10.1 Å². The fourth-order valence-corrected chi connectivity index (χ4v) is 2.53. The van der Waals surface area contributed by atoms with Gasteiger partial charge in [0.2, 0.25) is 17.6 Å². The molecule has 3 aromatic rings. The lowest BCUT2D eigenvalue weighted by Gasteiger charge is -2.03. The first-order chi connectivity index (χ1) is 11.6. The van der Waals surface area contributed by atoms with Crippen molar-refractivity contribution in [3.63, 3.8) is 0 Å². The van der Waals surface area contributed by atoms with Crippen LogP contribution in [0.15, 0.2) is 57.5 Å². The summed E-state index contributed by atoms with van der Waals surface area (Å²) >= 11 is 9.30. The Hall–Kier alpha value is -2.18. The van der Waals surface area contributed by atoms with Gasteiger partial charge in [0.15, 0.2) is 0 Å². The third-order valence-corrected chi connectivity index (χ3v) is 4.01. The first-order valence-electron chi connectivity index (χ1n) is 7.24. The Kier molecular flexibility index (Phi) is 5.27. The largest absolute Gasteiger partial charge is 0.339 e. The molecule has 7 heteroatoms. The molecule has 1 aromatic heterocycles. The Morgan fingerprint density at radius 1 is 1.21 bits per heavy atom. The Bertz CT molecular complexity index is 849. The van der Waals surface area contributed by atoms with Crippen LogP contribution >= 0.6 is 27.5 Å². The highest BCUT2D eigenvalue weighted by atomic mass is 79.9. The number of carbonyl (C=O) groups is 1. The molecule has 0 aliphatic carbocycles. The van der Waals surface area contributed by atoms with E-state index in [4.69, 9.17) is 16.1 Å². The summed E-state index contributed by atoms with van der Waals surface area (Å²) in [7, 11) is 0. The molecule has 0 spiro atoms. The summed E-state index contributed by atoms with van der Waals surface area (Å²) < 4.78 is 6.14. The maximum absolute atomic E-state index is 12.0. The molecule has 24 heavy (non-hydrogen) atoms. The summed E-state index contributed by atoms with van der Waals surface area (Å²) in [5, 5.41) is 7.34. The third-order valence-electron chi connectivity index (χ3n) is 3.24. The monoisotopic (exact) mass is 405 g/mol. The average Bonchev–Trinajstić information content (AvgIpc) is 3.04. The number of hydrogen-bond acceptors (Lipinski definition) is 4. The molecule has 5 nitrogen and oxygen atoms in total. The van der Waals surface area contributed by atoms with Gasteiger partial charge in [-0.15, -0.1) is 0 Å². The Morgan fingerprint density at radius 3 is 2.75 bits per heavy atom. The number of rotatable bonds is 5. The van der Waals surface area contributed by atoms with Gasteiger partial charge in [-0.05, 0) is 36.4 Å². The highest BCUT2D eigenvalue weighted by Crippen LogP contribution is 2.20. The molecule has 0 saturated heterocycles. The Morgan fingerprint density at radius 2 is 2.00 bits per heavy atom. The molecule has 0 atom stereocenters. The van der Waals surface area contributed by atoms with E-state index in [9.17, 15) is 4.79 Å². The van der Waals surface area contributed by atoms with Crippen LogP contribution in [0.1, 0.15) is 12.3 Å². The third kappa shape index (κ3) is 4.43. The molecule has 1 heterocycles. The Labute approximate surface area is 152 Å². The second-order valence-corrected chi connectivity index (χ2v) is 6.43. The normalized spacial score (nSPS) is 10.6. The van der Waals surface area contributed by atoms with Gasteiger partial charge in [0.1, 0.15) is 0 Å². The molecule has 122 valence electrons. The average molecular weight is 407 g/mol. The molecule has 1 N–H and O–H groups in total. The molecule has 0 aliphatic rings. The molecular formula is C17H13BrClN3O2. The zero-order chi connectivity index (χ0) is 16.9. The number of amides is 1. The number of nitrogens with one attached hydrogen (secondary N) is 1. The van der Waals surface area contributed by atoms with Crippen molar-refractivity contribution < 1.29 is 9.32 Å². The fraction of sp³-hybridized carbons (Fsp3) is 0.118. The number of anilines is 1. The highest BCUT2D eigenvalue weighted by Gasteiger charge is 2.11. The zero-order valence-corrected chi connectivity index (χ0v) is 14.8. The van der Waals surface area contributed by atoms with E-state index in [1.807, 2.05) is 36.4 Å². The minimum atomic E-state index is -0.111. The first kappa shape index (κ1) is 16.7. The van der Waals surface area contributed by atoms with E-state index in [1.165, 1.54) is 0 Å². The first-order valence-corrected chi connectivity index (χ1v) is 8.41. The van der Waals surface area contributed by atoms with E-state index in [1.54, 1.807) is 12.1 Å². The molecule has 3 rings (SSSR count). The van der Waals surface area contributed by atoms with Gasteiger partial charge in [0.05, 0.1) is 0 Å². The van der Waals surface area contributed by atoms with Crippen molar-refractivity contribution in [2.24, 2.45) is 0 Å². The lowest BCUT2D eigenvalue weighted by Crippen LogP contribution is -2.12. The van der Waals surface area contributed by atoms with Gasteiger partial charge >= 0.3 is 0 Å². The fourth-order valence-electron chi connectivity index (χ4n) is 2.08. The number of nitrogens with zero attached hydrogens (tertiary/aromatic N) is 2. The molecule has 0 saturated carbocycles. The number of hydrogen-bond donors (Lipinski definition) is 1. The second kappa shape index (κ2) is 7.59. The Balaban J connectivity index is 1.57. The van der Waals surface area contributed by atoms with Crippen LogP contribution in [0.25, 0.3) is 11.4 Å². The lowest BCUT2D eigenvalue weighted by atomic mass is 10.2. The zero-order valence-electron chi connectivity index (χ0n) is 12.5. The highest BCUT2D eigenvalue weighted by molar-refractivity contribution is 9.10. The van der Waals surface area contributed by atoms with E-state index in [0.717, 1.165) is 15.7 Å². The van der Waals surface area contributed by atoms with Crippen molar-refractivity contribution in [3.8, 4) is 11.4 Å². The summed E-state index contributed by atoms with van der Waals surface area (Å²) in [6.45, 7) is 0. The van der Waals surface area contributed by atoms with Gasteiger partial charge in [-0.2, -0.15) is 4.98 Å². The lowest BCUT2D eigenvalue weighted by molar-refractivity contribution is -0.116. The maximum Gasteiger partial charge on any atom is 0.227 e. The number of halogens is 2. The topological polar surface area (TPSA) is 68.0 Å². The van der Waals surface area contributed by atoms with Gasteiger partial charge in [0.25, 0.3) is 0 Å². The molecule has 0 bridgehead atoms. The van der Waals surface area contributed by atoms with E-state index in [-0.39, 0.29) is 12.3 Å². The van der Waals surface area contributed by atoms with Crippen molar-refractivity contribution in [2.45, 2.75) is 12.8 Å². The van der Waals surface area contributed by atoms with E-state index < -0.39 is 0 Å². The standard InChI is InChI=1S/C17H13BrClN3O2/c18-12-4-6-14(7-5-12)20-15(23)8-9-16-21-17(22-24-16)11-2-1-3-13(19)10-11/h1-7,10H,8-9H2,(H,20,23). The van der Waals surface area contributed by atoms with Gasteiger partial charge in [-0.1, -0.05) is 44.8 Å². The molecule has 0 radical (unpaired) electrons. The minimum Gasteiger partial charge on any atom is -0.339 e. The molecule has 2 aromatic carbocycles. The predicted molar refractivity (Wildman–Crippen MR) is 95.8 cm³/mol. The van der Waals surface area contributed by atoms with Crippen LogP contribution in [0.2, 0.25) is 5.02 Å². The SMILES string of the molecule is O=C(CCc1nc(-c2cccc(Cl)c2)no1)Nc1ccc(Br)cc1. The number of aryl methyl sites for hydroxylation is 1. The van der Waals surface area contributed by atoms with Gasteiger partial charge in [-0.25, -0.2) is 0 Å². The number of carbonyl (C=O) groups excluding carboxylic acids is 1. The molecule has 0 aliphatic heterocycles. The summed E-state index contributed by atoms with van der Waals surface area (Å²) in [6, 6.07) is 14.6. The van der Waals surface area contributed by atoms with E-state index in [0.29, 0.717) is 23.2 Å². The maximum atomic E-state index is 12.0. The quantitative estimate of drug-likeness (QED) is 0.665. The molecule has 1 amide bonds. The summed E-state index contributed by atoms with van der Waals surface area (Å²) in [5.74, 6) is 0.761. The van der Waals surface area contributed by atoms with Crippen molar-refractivity contribution in [3.05, 3.63) is 63.9 Å². The van der Waals surface area contributed by atoms with Crippen LogP contribution in [0, 0.1) is 0 Å². The molecule has 0 fully saturated rings. The van der Waals surface area contributed by atoms with Crippen LogP contribution in [0.4, 0.5) is 5.69 Å².